The molecule has 2 aromatic rings. The molecule has 1 atom stereocenters. The number of nitro benzene ring substituents is 1. The Kier molecular flexibility index (Phi) is 5.49. The van der Waals surface area contributed by atoms with Gasteiger partial charge in [0.2, 0.25) is 5.91 Å². The van der Waals surface area contributed by atoms with Crippen molar-refractivity contribution in [3.8, 4) is 0 Å². The summed E-state index contributed by atoms with van der Waals surface area (Å²) in [7, 11) is 0. The number of benzene rings is 2. The van der Waals surface area contributed by atoms with Crippen LogP contribution in [0, 0.1) is 22.5 Å². The molecule has 1 aliphatic heterocycles. The van der Waals surface area contributed by atoms with E-state index in [0.717, 1.165) is 17.5 Å². The lowest BCUT2D eigenvalue weighted by Crippen LogP contribution is -2.44. The molecule has 1 amide bonds. The molecule has 0 fully saturated rings. The molecule has 1 heterocycles. The molecule has 0 radical (unpaired) electrons. The number of Topliss-reactive ketones (excluding diaryl/α,β-unsaturated/α-hetero) is 1. The van der Waals surface area contributed by atoms with Crippen LogP contribution >= 0.6 is 0 Å². The number of hydrogen-bond donors (Lipinski definition) is 0. The standard InChI is InChI=1S/C26H28N2O4/c1-5-17-7-9-18(10-8-17)20-13-24(30)27(21-12-19(28(31)32)11-6-16(21)2)22-14-26(3,4)15-23(29)25(20)22/h6-12,20H,5,13-15H2,1-4H3. The maximum Gasteiger partial charge on any atom is 0.271 e. The summed E-state index contributed by atoms with van der Waals surface area (Å²) in [4.78, 5) is 39.4. The Morgan fingerprint density at radius 3 is 2.41 bits per heavy atom. The summed E-state index contributed by atoms with van der Waals surface area (Å²) in [6.07, 6.45) is 2.07. The van der Waals surface area contributed by atoms with Gasteiger partial charge in [0.15, 0.2) is 5.78 Å². The van der Waals surface area contributed by atoms with Crippen LogP contribution in [0.2, 0.25) is 0 Å². The zero-order valence-electron chi connectivity index (χ0n) is 19.0. The van der Waals surface area contributed by atoms with Gasteiger partial charge in [0, 0.05) is 42.2 Å². The Bertz CT molecular complexity index is 1140. The fraction of sp³-hybridized carbons (Fsp3) is 0.385. The van der Waals surface area contributed by atoms with Crippen LogP contribution in [0.25, 0.3) is 0 Å². The molecular weight excluding hydrogens is 404 g/mol. The monoisotopic (exact) mass is 432 g/mol. The third-order valence-corrected chi connectivity index (χ3v) is 6.58. The molecule has 0 saturated heterocycles. The van der Waals surface area contributed by atoms with Crippen LogP contribution in [-0.4, -0.2) is 16.6 Å². The summed E-state index contributed by atoms with van der Waals surface area (Å²) in [5.41, 5.74) is 4.42. The van der Waals surface area contributed by atoms with E-state index in [9.17, 15) is 19.7 Å². The molecule has 1 aliphatic carbocycles. The molecule has 2 aliphatic rings. The van der Waals surface area contributed by atoms with Crippen molar-refractivity contribution in [1.82, 2.24) is 0 Å². The van der Waals surface area contributed by atoms with E-state index < -0.39 is 4.92 Å². The molecule has 0 N–H and O–H groups in total. The fourth-order valence-electron chi connectivity index (χ4n) is 4.92. The molecule has 2 aromatic carbocycles. The van der Waals surface area contributed by atoms with Crippen molar-refractivity contribution in [3.05, 3.63) is 80.5 Å². The van der Waals surface area contributed by atoms with Crippen LogP contribution in [-0.2, 0) is 16.0 Å². The van der Waals surface area contributed by atoms with Crippen LogP contribution < -0.4 is 4.90 Å². The van der Waals surface area contributed by atoms with E-state index in [2.05, 4.69) is 6.92 Å². The van der Waals surface area contributed by atoms with Crippen LogP contribution in [0.3, 0.4) is 0 Å². The summed E-state index contributed by atoms with van der Waals surface area (Å²) < 4.78 is 0. The van der Waals surface area contributed by atoms with Crippen molar-refractivity contribution in [3.63, 3.8) is 0 Å². The highest BCUT2D eigenvalue weighted by atomic mass is 16.6. The SMILES string of the molecule is CCc1ccc(C2CC(=O)N(c3cc([N+](=O)[O-])ccc3C)C3=C2C(=O)CC(C)(C)C3)cc1. The minimum atomic E-state index is -0.458. The number of non-ortho nitro benzene ring substituents is 1. The molecular formula is C26H28N2O4. The molecule has 0 bridgehead atoms. The van der Waals surface area contributed by atoms with Gasteiger partial charge < -0.3 is 0 Å². The molecule has 1 unspecified atom stereocenters. The maximum atomic E-state index is 13.5. The first kappa shape index (κ1) is 21.9. The predicted octanol–water partition coefficient (Wildman–Crippen LogP) is 5.63. The second kappa shape index (κ2) is 8.01. The van der Waals surface area contributed by atoms with Gasteiger partial charge in [-0.2, -0.15) is 0 Å². The Morgan fingerprint density at radius 2 is 1.78 bits per heavy atom. The number of rotatable bonds is 4. The van der Waals surface area contributed by atoms with Crippen LogP contribution in [0.5, 0.6) is 0 Å². The van der Waals surface area contributed by atoms with Gasteiger partial charge in [0.05, 0.1) is 10.6 Å². The van der Waals surface area contributed by atoms with E-state index in [1.165, 1.54) is 17.7 Å². The second-order valence-corrected chi connectivity index (χ2v) is 9.61. The summed E-state index contributed by atoms with van der Waals surface area (Å²) in [5.74, 6) is -0.369. The zero-order valence-corrected chi connectivity index (χ0v) is 19.0. The average Bonchev–Trinajstić information content (AvgIpc) is 2.73. The molecule has 166 valence electrons. The first-order valence-electron chi connectivity index (χ1n) is 11.0. The third kappa shape index (κ3) is 3.85. The van der Waals surface area contributed by atoms with E-state index in [1.54, 1.807) is 11.0 Å². The number of carbonyl (C=O) groups excluding carboxylic acids is 2. The van der Waals surface area contributed by atoms with E-state index in [4.69, 9.17) is 0 Å². The lowest BCUT2D eigenvalue weighted by atomic mass is 9.69. The molecule has 6 heteroatoms. The second-order valence-electron chi connectivity index (χ2n) is 9.61. The first-order chi connectivity index (χ1) is 15.1. The number of hydrogen-bond acceptors (Lipinski definition) is 4. The van der Waals surface area contributed by atoms with Crippen molar-refractivity contribution in [2.45, 2.75) is 59.3 Å². The minimum Gasteiger partial charge on any atom is -0.294 e. The van der Waals surface area contributed by atoms with Crippen molar-refractivity contribution < 1.29 is 14.5 Å². The van der Waals surface area contributed by atoms with E-state index in [0.29, 0.717) is 29.8 Å². The lowest BCUT2D eigenvalue weighted by Gasteiger charge is -2.43. The van der Waals surface area contributed by atoms with Gasteiger partial charge in [-0.3, -0.25) is 24.6 Å². The Labute approximate surface area is 188 Å². The van der Waals surface area contributed by atoms with Gasteiger partial charge in [-0.05, 0) is 41.9 Å². The normalized spacial score (nSPS) is 20.4. The number of nitro groups is 1. The Morgan fingerprint density at radius 1 is 1.09 bits per heavy atom. The number of ketones is 1. The third-order valence-electron chi connectivity index (χ3n) is 6.58. The number of anilines is 1. The van der Waals surface area contributed by atoms with Crippen LogP contribution in [0.15, 0.2) is 53.7 Å². The smallest absolute Gasteiger partial charge is 0.271 e. The molecule has 0 aromatic heterocycles. The van der Waals surface area contributed by atoms with Gasteiger partial charge in [0.1, 0.15) is 0 Å². The van der Waals surface area contributed by atoms with Crippen molar-refractivity contribution >= 4 is 23.1 Å². The van der Waals surface area contributed by atoms with Crippen molar-refractivity contribution in [2.24, 2.45) is 5.41 Å². The zero-order chi connectivity index (χ0) is 23.2. The highest BCUT2D eigenvalue weighted by Crippen LogP contribution is 2.48. The van der Waals surface area contributed by atoms with E-state index in [-0.39, 0.29) is 35.1 Å². The molecule has 0 saturated carbocycles. The molecule has 6 nitrogen and oxygen atoms in total. The predicted molar refractivity (Wildman–Crippen MR) is 124 cm³/mol. The molecule has 32 heavy (non-hydrogen) atoms. The first-order valence-corrected chi connectivity index (χ1v) is 11.0. The number of carbonyl (C=O) groups is 2. The van der Waals surface area contributed by atoms with Gasteiger partial charge >= 0.3 is 0 Å². The maximum absolute atomic E-state index is 13.5. The van der Waals surface area contributed by atoms with Gasteiger partial charge in [0.25, 0.3) is 5.69 Å². The topological polar surface area (TPSA) is 80.5 Å². The number of allylic oxidation sites excluding steroid dienone is 2. The van der Waals surface area contributed by atoms with E-state index >= 15 is 0 Å². The number of aryl methyl sites for hydroxylation is 2. The minimum absolute atomic E-state index is 0.0569. The van der Waals surface area contributed by atoms with Crippen molar-refractivity contribution in [1.29, 1.82) is 0 Å². The summed E-state index contributed by atoms with van der Waals surface area (Å²) in [5, 5.41) is 11.4. The van der Waals surface area contributed by atoms with E-state index in [1.807, 2.05) is 45.0 Å². The lowest BCUT2D eigenvalue weighted by molar-refractivity contribution is -0.384. The quantitative estimate of drug-likeness (QED) is 0.463. The van der Waals surface area contributed by atoms with Gasteiger partial charge in [-0.1, -0.05) is 51.1 Å². The largest absolute Gasteiger partial charge is 0.294 e. The van der Waals surface area contributed by atoms with Crippen LogP contribution in [0.4, 0.5) is 11.4 Å². The average molecular weight is 433 g/mol. The van der Waals surface area contributed by atoms with Gasteiger partial charge in [-0.15, -0.1) is 0 Å². The number of nitrogens with zero attached hydrogens (tertiary/aromatic N) is 2. The Balaban J connectivity index is 1.90. The Hall–Kier alpha value is -3.28. The number of amides is 1. The highest BCUT2D eigenvalue weighted by Gasteiger charge is 2.44. The molecule has 0 spiro atoms. The van der Waals surface area contributed by atoms with Crippen LogP contribution in [0.1, 0.15) is 62.6 Å². The highest BCUT2D eigenvalue weighted by molar-refractivity contribution is 6.08. The van der Waals surface area contributed by atoms with Crippen molar-refractivity contribution in [2.75, 3.05) is 4.90 Å². The summed E-state index contributed by atoms with van der Waals surface area (Å²) in [6.45, 7) is 7.97. The summed E-state index contributed by atoms with van der Waals surface area (Å²) >= 11 is 0. The molecule has 4 rings (SSSR count). The fourth-order valence-corrected chi connectivity index (χ4v) is 4.92. The van der Waals surface area contributed by atoms with Gasteiger partial charge in [-0.25, -0.2) is 0 Å². The summed E-state index contributed by atoms with van der Waals surface area (Å²) in [6, 6.07) is 12.7.